The van der Waals surface area contributed by atoms with Crippen LogP contribution < -0.4 is 5.32 Å². The number of benzene rings is 1. The molecule has 1 N–H and O–H groups in total. The van der Waals surface area contributed by atoms with Crippen molar-refractivity contribution >= 4 is 27.9 Å². The second-order valence-corrected chi connectivity index (χ2v) is 5.47. The van der Waals surface area contributed by atoms with Gasteiger partial charge in [0.15, 0.2) is 4.96 Å². The molecule has 2 heterocycles. The molecular formula is C15H15N3OS. The number of imidazole rings is 1. The van der Waals surface area contributed by atoms with Gasteiger partial charge in [-0.25, -0.2) is 4.98 Å². The normalized spacial score (nSPS) is 10.9. The van der Waals surface area contributed by atoms with E-state index in [4.69, 9.17) is 0 Å². The highest BCUT2D eigenvalue weighted by Gasteiger charge is 2.07. The first-order valence-electron chi connectivity index (χ1n) is 6.51. The third kappa shape index (κ3) is 2.32. The number of carbonyl (C=O) groups excluding carboxylic acids is 1. The maximum absolute atomic E-state index is 11.3. The minimum Gasteiger partial charge on any atom is -0.326 e. The lowest BCUT2D eigenvalue weighted by atomic mass is 10.1. The molecule has 1 aromatic carbocycles. The van der Waals surface area contributed by atoms with Gasteiger partial charge in [0.25, 0.3) is 0 Å². The summed E-state index contributed by atoms with van der Waals surface area (Å²) in [6.07, 6.45) is 2.53. The Balaban J connectivity index is 1.88. The fourth-order valence-corrected chi connectivity index (χ4v) is 2.86. The minimum atomic E-state index is 0.0240. The van der Waals surface area contributed by atoms with Gasteiger partial charge in [-0.15, -0.1) is 11.3 Å². The van der Waals surface area contributed by atoms with Crippen LogP contribution in [0.5, 0.6) is 0 Å². The molecule has 20 heavy (non-hydrogen) atoms. The van der Waals surface area contributed by atoms with Gasteiger partial charge in [-0.05, 0) is 19.1 Å². The van der Waals surface area contributed by atoms with Crippen molar-refractivity contribution in [1.29, 1.82) is 0 Å². The Hall–Kier alpha value is -2.14. The Kier molecular flexibility index (Phi) is 3.28. The molecule has 0 aliphatic rings. The molecule has 0 saturated carbocycles. The molecule has 4 nitrogen and oxygen atoms in total. The maximum Gasteiger partial charge on any atom is 0.224 e. The van der Waals surface area contributed by atoms with Crippen LogP contribution in [0.2, 0.25) is 0 Å². The van der Waals surface area contributed by atoms with E-state index in [0.717, 1.165) is 21.9 Å². The Bertz CT molecular complexity index is 755. The highest BCUT2D eigenvalue weighted by Crippen LogP contribution is 2.24. The lowest BCUT2D eigenvalue weighted by Gasteiger charge is -2.04. The number of fused-ring (bicyclic) bond motifs is 1. The number of hydrogen-bond acceptors (Lipinski definition) is 3. The van der Waals surface area contributed by atoms with Crippen molar-refractivity contribution < 1.29 is 4.79 Å². The second kappa shape index (κ2) is 5.09. The first-order chi connectivity index (χ1) is 9.67. The molecule has 0 saturated heterocycles. The van der Waals surface area contributed by atoms with Crippen LogP contribution in [0.25, 0.3) is 16.2 Å². The molecule has 0 atom stereocenters. The molecule has 0 radical (unpaired) electrons. The van der Waals surface area contributed by atoms with Crippen LogP contribution in [0.15, 0.2) is 35.8 Å². The summed E-state index contributed by atoms with van der Waals surface area (Å²) in [4.78, 5) is 16.9. The van der Waals surface area contributed by atoms with Crippen molar-refractivity contribution in [2.24, 2.45) is 0 Å². The summed E-state index contributed by atoms with van der Waals surface area (Å²) in [6, 6.07) is 7.77. The van der Waals surface area contributed by atoms with E-state index in [1.54, 1.807) is 11.3 Å². The average molecular weight is 285 g/mol. The number of rotatable bonds is 3. The number of anilines is 1. The van der Waals surface area contributed by atoms with Crippen LogP contribution in [0.3, 0.4) is 0 Å². The molecule has 102 valence electrons. The molecule has 0 aliphatic carbocycles. The zero-order valence-corrected chi connectivity index (χ0v) is 12.2. The molecule has 0 aliphatic heterocycles. The van der Waals surface area contributed by atoms with E-state index in [1.165, 1.54) is 5.69 Å². The van der Waals surface area contributed by atoms with E-state index in [9.17, 15) is 4.79 Å². The molecule has 3 rings (SSSR count). The smallest absolute Gasteiger partial charge is 0.224 e. The number of nitrogens with zero attached hydrogens (tertiary/aromatic N) is 2. The van der Waals surface area contributed by atoms with Crippen molar-refractivity contribution in [3.63, 3.8) is 0 Å². The largest absolute Gasteiger partial charge is 0.326 e. The monoisotopic (exact) mass is 285 g/mol. The van der Waals surface area contributed by atoms with Crippen LogP contribution in [-0.4, -0.2) is 15.3 Å². The van der Waals surface area contributed by atoms with Crippen molar-refractivity contribution in [2.45, 2.75) is 20.3 Å². The van der Waals surface area contributed by atoms with Crippen LogP contribution in [-0.2, 0) is 4.79 Å². The zero-order chi connectivity index (χ0) is 14.1. The number of hydrogen-bond donors (Lipinski definition) is 1. The van der Waals surface area contributed by atoms with E-state index in [0.29, 0.717) is 6.42 Å². The molecule has 0 spiro atoms. The molecule has 0 fully saturated rings. The summed E-state index contributed by atoms with van der Waals surface area (Å²) in [7, 11) is 0. The molecule has 2 aromatic heterocycles. The van der Waals surface area contributed by atoms with Gasteiger partial charge in [0, 0.05) is 34.9 Å². The van der Waals surface area contributed by atoms with E-state index in [-0.39, 0.29) is 5.91 Å². The van der Waals surface area contributed by atoms with Gasteiger partial charge in [0.1, 0.15) is 0 Å². The predicted molar refractivity (Wildman–Crippen MR) is 82.2 cm³/mol. The lowest BCUT2D eigenvalue weighted by Crippen LogP contribution is -2.08. The summed E-state index contributed by atoms with van der Waals surface area (Å²) in [5.41, 5.74) is 4.01. The van der Waals surface area contributed by atoms with Crippen LogP contribution in [0.1, 0.15) is 19.0 Å². The standard InChI is InChI=1S/C15H15N3OS/c1-3-14(19)16-12-6-4-11(5-7-12)13-8-18-10(2)9-20-15(18)17-13/h4-9H,3H2,1-2H3,(H,16,19). The van der Waals surface area contributed by atoms with Gasteiger partial charge in [-0.3, -0.25) is 9.20 Å². The molecule has 1 amide bonds. The van der Waals surface area contributed by atoms with Gasteiger partial charge in [-0.1, -0.05) is 19.1 Å². The average Bonchev–Trinajstić information content (AvgIpc) is 3.02. The third-order valence-electron chi connectivity index (χ3n) is 3.17. The van der Waals surface area contributed by atoms with E-state index in [2.05, 4.69) is 27.0 Å². The van der Waals surface area contributed by atoms with Crippen molar-refractivity contribution in [1.82, 2.24) is 9.38 Å². The van der Waals surface area contributed by atoms with Crippen LogP contribution in [0.4, 0.5) is 5.69 Å². The quantitative estimate of drug-likeness (QED) is 0.797. The molecule has 3 aromatic rings. The Morgan fingerprint density at radius 2 is 2.10 bits per heavy atom. The second-order valence-electron chi connectivity index (χ2n) is 4.63. The third-order valence-corrected chi connectivity index (χ3v) is 4.13. The number of nitrogens with one attached hydrogen (secondary N) is 1. The lowest BCUT2D eigenvalue weighted by molar-refractivity contribution is -0.115. The zero-order valence-electron chi connectivity index (χ0n) is 11.4. The summed E-state index contributed by atoms with van der Waals surface area (Å²) >= 11 is 1.64. The van der Waals surface area contributed by atoms with Gasteiger partial charge >= 0.3 is 0 Å². The number of aromatic nitrogens is 2. The van der Waals surface area contributed by atoms with E-state index >= 15 is 0 Å². The topological polar surface area (TPSA) is 46.4 Å². The van der Waals surface area contributed by atoms with Gasteiger partial charge in [-0.2, -0.15) is 0 Å². The summed E-state index contributed by atoms with van der Waals surface area (Å²) < 4.78 is 2.09. The summed E-state index contributed by atoms with van der Waals surface area (Å²) in [5.74, 6) is 0.0240. The van der Waals surface area contributed by atoms with Crippen molar-refractivity contribution in [3.05, 3.63) is 41.5 Å². The molecular weight excluding hydrogens is 270 g/mol. The van der Waals surface area contributed by atoms with Crippen LogP contribution in [0, 0.1) is 6.92 Å². The van der Waals surface area contributed by atoms with E-state index < -0.39 is 0 Å². The van der Waals surface area contributed by atoms with Gasteiger partial charge in [0.05, 0.1) is 5.69 Å². The molecule has 0 bridgehead atoms. The Labute approximate surface area is 121 Å². The Morgan fingerprint density at radius 3 is 2.75 bits per heavy atom. The molecule has 5 heteroatoms. The molecule has 0 unspecified atom stereocenters. The minimum absolute atomic E-state index is 0.0240. The van der Waals surface area contributed by atoms with Crippen molar-refractivity contribution in [3.8, 4) is 11.3 Å². The predicted octanol–water partition coefficient (Wildman–Crippen LogP) is 3.72. The van der Waals surface area contributed by atoms with Crippen LogP contribution >= 0.6 is 11.3 Å². The summed E-state index contributed by atoms with van der Waals surface area (Å²) in [5, 5.41) is 4.93. The van der Waals surface area contributed by atoms with Crippen molar-refractivity contribution in [2.75, 3.05) is 5.32 Å². The highest BCUT2D eigenvalue weighted by atomic mass is 32.1. The van der Waals surface area contributed by atoms with E-state index in [1.807, 2.05) is 37.4 Å². The number of amides is 1. The fraction of sp³-hybridized carbons (Fsp3) is 0.200. The van der Waals surface area contributed by atoms with Gasteiger partial charge < -0.3 is 5.32 Å². The number of thiazole rings is 1. The Morgan fingerprint density at radius 1 is 1.35 bits per heavy atom. The summed E-state index contributed by atoms with van der Waals surface area (Å²) in [6.45, 7) is 3.90. The number of carbonyl (C=O) groups is 1. The maximum atomic E-state index is 11.3. The highest BCUT2D eigenvalue weighted by molar-refractivity contribution is 7.15. The SMILES string of the molecule is CCC(=O)Nc1ccc(-c2cn3c(C)csc3n2)cc1. The van der Waals surface area contributed by atoms with Gasteiger partial charge in [0.2, 0.25) is 5.91 Å². The number of aryl methyl sites for hydroxylation is 1. The first kappa shape index (κ1) is 12.9. The first-order valence-corrected chi connectivity index (χ1v) is 7.39. The fourth-order valence-electron chi connectivity index (χ4n) is 2.01.